The van der Waals surface area contributed by atoms with Crippen molar-refractivity contribution in [2.75, 3.05) is 28.1 Å². The quantitative estimate of drug-likeness (QED) is 0.579. The van der Waals surface area contributed by atoms with E-state index in [2.05, 4.69) is 5.32 Å². The van der Waals surface area contributed by atoms with E-state index in [1.807, 2.05) is 0 Å². The van der Waals surface area contributed by atoms with Crippen molar-refractivity contribution in [2.24, 2.45) is 5.92 Å². The van der Waals surface area contributed by atoms with Gasteiger partial charge < -0.3 is 33.7 Å². The van der Waals surface area contributed by atoms with E-state index in [1.54, 1.807) is 19.1 Å². The second-order valence-electron chi connectivity index (χ2n) is 9.55. The Balaban J connectivity index is 1.50. The molecule has 1 N–H and O–H groups in total. The number of methoxy groups -OCH3 is 3. The molecule has 1 aliphatic carbocycles. The third-order valence-electron chi connectivity index (χ3n) is 7.64. The molecular weight excluding hydrogens is 518 g/mol. The van der Waals surface area contributed by atoms with Crippen molar-refractivity contribution in [1.29, 1.82) is 0 Å². The van der Waals surface area contributed by atoms with E-state index in [4.69, 9.17) is 40.0 Å². The summed E-state index contributed by atoms with van der Waals surface area (Å²) in [7, 11) is 4.34. The zero-order chi connectivity index (χ0) is 26.9. The third kappa shape index (κ3) is 3.16. The molecule has 10 nitrogen and oxygen atoms in total. The minimum absolute atomic E-state index is 0.0170. The second kappa shape index (κ2) is 8.56. The lowest BCUT2D eigenvalue weighted by molar-refractivity contribution is -0.131. The fourth-order valence-corrected chi connectivity index (χ4v) is 6.09. The van der Waals surface area contributed by atoms with Crippen LogP contribution >= 0.6 is 11.6 Å². The Kier molecular flexibility index (Phi) is 5.50. The van der Waals surface area contributed by atoms with E-state index in [9.17, 15) is 14.4 Å². The number of ketones is 2. The third-order valence-corrected chi connectivity index (χ3v) is 8.00. The smallest absolute Gasteiger partial charge is 0.236 e. The van der Waals surface area contributed by atoms with Crippen molar-refractivity contribution < 1.29 is 42.8 Å². The highest BCUT2D eigenvalue weighted by Crippen LogP contribution is 2.56. The minimum atomic E-state index is -1.88. The van der Waals surface area contributed by atoms with Gasteiger partial charge in [-0.3, -0.25) is 14.4 Å². The van der Waals surface area contributed by atoms with Crippen LogP contribution in [0.5, 0.6) is 34.5 Å². The summed E-state index contributed by atoms with van der Waals surface area (Å²) in [6.45, 7) is 1.77. The first-order valence-electron chi connectivity index (χ1n) is 12.0. The van der Waals surface area contributed by atoms with E-state index in [1.165, 1.54) is 27.4 Å². The number of rotatable bonds is 4. The van der Waals surface area contributed by atoms with Crippen LogP contribution in [0.25, 0.3) is 0 Å². The highest BCUT2D eigenvalue weighted by molar-refractivity contribution is 6.36. The molecule has 198 valence electrons. The van der Waals surface area contributed by atoms with Crippen LogP contribution < -0.4 is 33.7 Å². The SMILES string of the molecule is COc1cc(OC)c2c(c1Cl)O[C@@]1(C(=O)C3=C(C[C@H]1C)NC(=O)C[C@H]3c1cc(OC)c3c(c1)OCO3)C2=O. The number of carbonyl (C=O) groups excluding carboxylic acids is 3. The molecule has 0 aromatic heterocycles. The Morgan fingerprint density at radius 2 is 1.66 bits per heavy atom. The van der Waals surface area contributed by atoms with Crippen molar-refractivity contribution in [3.05, 3.63) is 45.6 Å². The fraction of sp³-hybridized carbons (Fsp3) is 0.370. The standard InChI is InChI=1S/C27H24ClNO9/c1-11-5-14-20(13(8-19(30)29-14)12-6-17(35-4)23-18(7-12)36-10-37-23)25(31)27(11)26(32)21-15(33-2)9-16(34-3)22(28)24(21)38-27/h6-7,9,11,13H,5,8,10H2,1-4H3,(H,29,30)/t11-,13+,27+/m1/s1. The highest BCUT2D eigenvalue weighted by atomic mass is 35.5. The molecule has 2 aromatic carbocycles. The van der Waals surface area contributed by atoms with Crippen LogP contribution in [0, 0.1) is 5.92 Å². The van der Waals surface area contributed by atoms with Crippen LogP contribution in [0.1, 0.15) is 41.6 Å². The van der Waals surface area contributed by atoms with Gasteiger partial charge in [0.2, 0.25) is 35.6 Å². The summed E-state index contributed by atoms with van der Waals surface area (Å²) < 4.78 is 33.6. The first kappa shape index (κ1) is 24.4. The van der Waals surface area contributed by atoms with E-state index in [0.717, 1.165) is 0 Å². The monoisotopic (exact) mass is 541 g/mol. The number of hydrogen-bond acceptors (Lipinski definition) is 9. The van der Waals surface area contributed by atoms with Crippen LogP contribution in [0.2, 0.25) is 5.02 Å². The maximum absolute atomic E-state index is 14.5. The molecule has 4 aliphatic rings. The Hall–Kier alpha value is -3.92. The molecule has 2 aromatic rings. The van der Waals surface area contributed by atoms with Crippen LogP contribution in [-0.2, 0) is 9.59 Å². The molecule has 1 spiro atoms. The van der Waals surface area contributed by atoms with Crippen LogP contribution in [0.4, 0.5) is 0 Å². The first-order valence-corrected chi connectivity index (χ1v) is 12.4. The number of ether oxygens (including phenoxy) is 6. The number of hydrogen-bond donors (Lipinski definition) is 1. The molecule has 3 heterocycles. The van der Waals surface area contributed by atoms with E-state index < -0.39 is 29.0 Å². The molecule has 6 rings (SSSR count). The Bertz CT molecular complexity index is 1470. The molecule has 0 unspecified atom stereocenters. The van der Waals surface area contributed by atoms with Gasteiger partial charge in [0.05, 0.1) is 21.3 Å². The summed E-state index contributed by atoms with van der Waals surface area (Å²) in [6.07, 6.45) is 0.207. The van der Waals surface area contributed by atoms with Crippen molar-refractivity contribution >= 4 is 29.1 Å². The maximum atomic E-state index is 14.5. The largest absolute Gasteiger partial charge is 0.496 e. The first-order chi connectivity index (χ1) is 18.2. The molecule has 0 radical (unpaired) electrons. The number of benzene rings is 2. The van der Waals surface area contributed by atoms with Gasteiger partial charge in [-0.2, -0.15) is 0 Å². The summed E-state index contributed by atoms with van der Waals surface area (Å²) in [5.74, 6) is -0.820. The normalized spacial score (nSPS) is 25.1. The van der Waals surface area contributed by atoms with Crippen LogP contribution in [0.15, 0.2) is 29.5 Å². The summed E-state index contributed by atoms with van der Waals surface area (Å²) in [5.41, 5.74) is -0.415. The zero-order valence-corrected chi connectivity index (χ0v) is 21.8. The topological polar surface area (TPSA) is 119 Å². The molecule has 11 heteroatoms. The van der Waals surface area contributed by atoms with E-state index in [-0.39, 0.29) is 53.4 Å². The second-order valence-corrected chi connectivity index (χ2v) is 9.93. The average molecular weight is 542 g/mol. The average Bonchev–Trinajstić information content (AvgIpc) is 3.50. The molecule has 0 saturated carbocycles. The summed E-state index contributed by atoms with van der Waals surface area (Å²) in [4.78, 5) is 41.3. The Morgan fingerprint density at radius 3 is 2.37 bits per heavy atom. The maximum Gasteiger partial charge on any atom is 0.236 e. The number of nitrogens with one attached hydrogen (secondary N) is 1. The number of amides is 1. The van der Waals surface area contributed by atoms with E-state index >= 15 is 0 Å². The zero-order valence-electron chi connectivity index (χ0n) is 21.1. The predicted molar refractivity (Wildman–Crippen MR) is 133 cm³/mol. The van der Waals surface area contributed by atoms with Crippen molar-refractivity contribution in [2.45, 2.75) is 31.3 Å². The molecule has 3 aliphatic heterocycles. The van der Waals surface area contributed by atoms with Gasteiger partial charge in [-0.1, -0.05) is 18.5 Å². The van der Waals surface area contributed by atoms with E-state index in [0.29, 0.717) is 34.1 Å². The summed E-state index contributed by atoms with van der Waals surface area (Å²) in [5, 5.41) is 2.92. The van der Waals surface area contributed by atoms with Crippen molar-refractivity contribution in [3.63, 3.8) is 0 Å². The number of carbonyl (C=O) groups is 3. The Labute approximate surface area is 222 Å². The Morgan fingerprint density at radius 1 is 0.921 bits per heavy atom. The number of halogens is 1. The molecule has 38 heavy (non-hydrogen) atoms. The number of allylic oxidation sites excluding steroid dienone is 1. The highest BCUT2D eigenvalue weighted by Gasteiger charge is 2.63. The molecule has 1 amide bonds. The summed E-state index contributed by atoms with van der Waals surface area (Å²) >= 11 is 6.54. The minimum Gasteiger partial charge on any atom is -0.496 e. The van der Waals surface area contributed by atoms with Gasteiger partial charge in [-0.05, 0) is 24.1 Å². The molecule has 0 fully saturated rings. The number of Topliss-reactive ketones (excluding diaryl/α,β-unsaturated/α-hetero) is 2. The van der Waals surface area contributed by atoms with Crippen LogP contribution in [-0.4, -0.2) is 51.2 Å². The van der Waals surface area contributed by atoms with Crippen molar-refractivity contribution in [3.8, 4) is 34.5 Å². The number of fused-ring (bicyclic) bond motifs is 2. The predicted octanol–water partition coefficient (Wildman–Crippen LogP) is 3.58. The lowest BCUT2D eigenvalue weighted by Gasteiger charge is -2.41. The molecule has 3 atom stereocenters. The molecular formula is C27H24ClNO9. The fourth-order valence-electron chi connectivity index (χ4n) is 5.83. The summed E-state index contributed by atoms with van der Waals surface area (Å²) in [6, 6.07) is 4.94. The van der Waals surface area contributed by atoms with Crippen molar-refractivity contribution in [1.82, 2.24) is 5.32 Å². The molecule has 0 saturated heterocycles. The van der Waals surface area contributed by atoms with Gasteiger partial charge in [0.1, 0.15) is 22.1 Å². The van der Waals surface area contributed by atoms with Crippen LogP contribution in [0.3, 0.4) is 0 Å². The lowest BCUT2D eigenvalue weighted by atomic mass is 9.66. The van der Waals surface area contributed by atoms with Gasteiger partial charge in [-0.25, -0.2) is 0 Å². The van der Waals surface area contributed by atoms with Gasteiger partial charge in [-0.15, -0.1) is 0 Å². The molecule has 0 bridgehead atoms. The van der Waals surface area contributed by atoms with Gasteiger partial charge in [0.15, 0.2) is 17.2 Å². The lowest BCUT2D eigenvalue weighted by Crippen LogP contribution is -2.59. The van der Waals surface area contributed by atoms with Gasteiger partial charge >= 0.3 is 0 Å². The van der Waals surface area contributed by atoms with Gasteiger partial charge in [0, 0.05) is 35.6 Å². The van der Waals surface area contributed by atoms with Gasteiger partial charge in [0.25, 0.3) is 0 Å².